The normalized spacial score (nSPS) is 13.5. The highest BCUT2D eigenvalue weighted by molar-refractivity contribution is 6.24. The topological polar surface area (TPSA) is 9.86 Å². The summed E-state index contributed by atoms with van der Waals surface area (Å²) in [6.45, 7) is 4.73. The molecule has 0 saturated heterocycles. The third-order valence-electron chi connectivity index (χ3n) is 10.5. The predicted molar refractivity (Wildman–Crippen MR) is 198 cm³/mol. The van der Waals surface area contributed by atoms with Crippen LogP contribution in [-0.2, 0) is 5.41 Å². The molecule has 2 nitrogen and oxygen atoms in total. The van der Waals surface area contributed by atoms with E-state index >= 15 is 0 Å². The van der Waals surface area contributed by atoms with E-state index in [4.69, 9.17) is 0 Å². The molecule has 0 N–H and O–H groups in total. The molecule has 47 heavy (non-hydrogen) atoms. The average Bonchev–Trinajstić information content (AvgIpc) is 3.72. The molecule has 2 heterocycles. The Labute approximate surface area is 273 Å². The predicted octanol–water partition coefficient (Wildman–Crippen LogP) is 11.9. The van der Waals surface area contributed by atoms with Crippen molar-refractivity contribution >= 4 is 43.6 Å². The van der Waals surface area contributed by atoms with Crippen molar-refractivity contribution in [1.29, 1.82) is 0 Å². The molecule has 0 unspecified atom stereocenters. The lowest BCUT2D eigenvalue weighted by atomic mass is 9.82. The van der Waals surface area contributed by atoms with Crippen LogP contribution in [0, 0.1) is 0 Å². The Balaban J connectivity index is 1.39. The minimum Gasteiger partial charge on any atom is -0.307 e. The third kappa shape index (κ3) is 3.56. The number of hydrogen-bond acceptors (Lipinski definition) is 0. The summed E-state index contributed by atoms with van der Waals surface area (Å²) in [7, 11) is 0. The molecule has 0 aliphatic heterocycles. The Bertz CT molecular complexity index is 2700. The summed E-state index contributed by atoms with van der Waals surface area (Å²) in [5.74, 6) is 0. The highest BCUT2D eigenvalue weighted by Gasteiger charge is 2.37. The van der Waals surface area contributed by atoms with Crippen LogP contribution >= 0.6 is 0 Å². The molecule has 0 spiro atoms. The molecular weight excluding hydrogens is 569 g/mol. The van der Waals surface area contributed by atoms with Gasteiger partial charge in [0.05, 0.1) is 27.8 Å². The maximum absolute atomic E-state index is 2.56. The number of benzene rings is 7. The van der Waals surface area contributed by atoms with Crippen LogP contribution in [0.1, 0.15) is 25.0 Å². The summed E-state index contributed by atoms with van der Waals surface area (Å²) in [6, 6.07) is 58.0. The zero-order valence-corrected chi connectivity index (χ0v) is 26.4. The van der Waals surface area contributed by atoms with E-state index < -0.39 is 0 Å². The summed E-state index contributed by atoms with van der Waals surface area (Å²) >= 11 is 0. The van der Waals surface area contributed by atoms with Crippen molar-refractivity contribution in [3.8, 4) is 33.6 Å². The monoisotopic (exact) mass is 600 g/mol. The van der Waals surface area contributed by atoms with Crippen molar-refractivity contribution in [2.75, 3.05) is 0 Å². The lowest BCUT2D eigenvalue weighted by molar-refractivity contribution is 0.660. The average molecular weight is 601 g/mol. The summed E-state index contributed by atoms with van der Waals surface area (Å²) in [5, 5.41) is 5.05. The van der Waals surface area contributed by atoms with Gasteiger partial charge in [0, 0.05) is 38.2 Å². The lowest BCUT2D eigenvalue weighted by Gasteiger charge is -2.22. The first-order valence-corrected chi connectivity index (χ1v) is 16.5. The smallest absolute Gasteiger partial charge is 0.0789 e. The molecule has 7 aromatic carbocycles. The molecule has 2 aromatic heterocycles. The Hall–Kier alpha value is -5.86. The van der Waals surface area contributed by atoms with Gasteiger partial charge in [-0.15, -0.1) is 0 Å². The maximum Gasteiger partial charge on any atom is 0.0789 e. The first-order valence-electron chi connectivity index (χ1n) is 16.5. The minimum atomic E-state index is -0.0806. The second-order valence-electron chi connectivity index (χ2n) is 13.3. The number of hydrogen-bond donors (Lipinski definition) is 0. The van der Waals surface area contributed by atoms with Gasteiger partial charge in [0.15, 0.2) is 0 Å². The summed E-state index contributed by atoms with van der Waals surface area (Å²) in [6.07, 6.45) is 0. The third-order valence-corrected chi connectivity index (χ3v) is 10.5. The van der Waals surface area contributed by atoms with E-state index in [2.05, 4.69) is 181 Å². The number of aromatic nitrogens is 2. The molecule has 0 radical (unpaired) electrons. The second-order valence-corrected chi connectivity index (χ2v) is 13.3. The van der Waals surface area contributed by atoms with E-state index in [0.29, 0.717) is 0 Å². The quantitative estimate of drug-likeness (QED) is 0.191. The fourth-order valence-electron chi connectivity index (χ4n) is 8.40. The van der Waals surface area contributed by atoms with Gasteiger partial charge >= 0.3 is 0 Å². The van der Waals surface area contributed by atoms with Crippen molar-refractivity contribution in [3.63, 3.8) is 0 Å². The highest BCUT2D eigenvalue weighted by atomic mass is 15.0. The van der Waals surface area contributed by atoms with Crippen LogP contribution in [0.25, 0.3) is 77.2 Å². The summed E-state index contributed by atoms with van der Waals surface area (Å²) in [4.78, 5) is 0. The first kappa shape index (κ1) is 26.4. The van der Waals surface area contributed by atoms with Gasteiger partial charge in [0.1, 0.15) is 0 Å². The van der Waals surface area contributed by atoms with Crippen molar-refractivity contribution < 1.29 is 0 Å². The van der Waals surface area contributed by atoms with E-state index in [-0.39, 0.29) is 5.41 Å². The zero-order valence-electron chi connectivity index (χ0n) is 26.4. The molecule has 0 fully saturated rings. The number of rotatable bonds is 3. The number of fused-ring (bicyclic) bond motifs is 10. The maximum atomic E-state index is 2.56. The standard InChI is InChI=1S/C45H32N2/c1-45(2)37-21-9-6-20-36(37)42-38(45)22-13-25-41(42)47-40-24-11-8-19-33(40)35-27-26-34-32-18-7-10-23-39(32)46(43(34)44(35)47)31-17-12-16-30(28-31)29-14-4-3-5-15-29/h3-28H,1-2H3. The van der Waals surface area contributed by atoms with Crippen molar-refractivity contribution in [3.05, 3.63) is 169 Å². The zero-order chi connectivity index (χ0) is 31.3. The van der Waals surface area contributed by atoms with E-state index in [9.17, 15) is 0 Å². The lowest BCUT2D eigenvalue weighted by Crippen LogP contribution is -2.15. The second kappa shape index (κ2) is 9.57. The summed E-state index contributed by atoms with van der Waals surface area (Å²) < 4.78 is 5.05. The molecule has 1 aliphatic rings. The molecule has 2 heteroatoms. The van der Waals surface area contributed by atoms with Crippen molar-refractivity contribution in [2.45, 2.75) is 19.3 Å². The molecule has 0 saturated carbocycles. The van der Waals surface area contributed by atoms with Crippen LogP contribution in [-0.4, -0.2) is 9.13 Å². The molecule has 10 rings (SSSR count). The molecule has 0 bridgehead atoms. The van der Waals surface area contributed by atoms with Crippen LogP contribution < -0.4 is 0 Å². The van der Waals surface area contributed by atoms with Gasteiger partial charge in [-0.25, -0.2) is 0 Å². The Morgan fingerprint density at radius 2 is 1.00 bits per heavy atom. The van der Waals surface area contributed by atoms with E-state index in [1.807, 2.05) is 0 Å². The van der Waals surface area contributed by atoms with Gasteiger partial charge in [-0.05, 0) is 58.1 Å². The van der Waals surface area contributed by atoms with E-state index in [1.54, 1.807) is 0 Å². The molecule has 1 aliphatic carbocycles. The fraction of sp³-hybridized carbons (Fsp3) is 0.0667. The summed E-state index contributed by atoms with van der Waals surface area (Å²) in [5.41, 5.74) is 15.1. The molecular formula is C45H32N2. The van der Waals surface area contributed by atoms with Gasteiger partial charge in [-0.1, -0.05) is 141 Å². The fourth-order valence-corrected chi connectivity index (χ4v) is 8.40. The first-order chi connectivity index (χ1) is 23.1. The number of nitrogens with zero attached hydrogens (tertiary/aromatic N) is 2. The molecule has 0 atom stereocenters. The van der Waals surface area contributed by atoms with Crippen LogP contribution in [0.2, 0.25) is 0 Å². The molecule has 222 valence electrons. The molecule has 0 amide bonds. The van der Waals surface area contributed by atoms with Crippen LogP contribution in [0.5, 0.6) is 0 Å². The Kier molecular flexibility index (Phi) is 5.37. The van der Waals surface area contributed by atoms with E-state index in [0.717, 1.165) is 5.69 Å². The van der Waals surface area contributed by atoms with Crippen LogP contribution in [0.15, 0.2) is 158 Å². The van der Waals surface area contributed by atoms with Crippen LogP contribution in [0.3, 0.4) is 0 Å². The van der Waals surface area contributed by atoms with Gasteiger partial charge in [-0.2, -0.15) is 0 Å². The van der Waals surface area contributed by atoms with Crippen molar-refractivity contribution in [2.24, 2.45) is 0 Å². The number of para-hydroxylation sites is 2. The van der Waals surface area contributed by atoms with Gasteiger partial charge in [0.2, 0.25) is 0 Å². The Morgan fingerprint density at radius 1 is 0.426 bits per heavy atom. The molecule has 9 aromatic rings. The van der Waals surface area contributed by atoms with Gasteiger partial charge in [-0.3, -0.25) is 0 Å². The van der Waals surface area contributed by atoms with Gasteiger partial charge in [0.25, 0.3) is 0 Å². The van der Waals surface area contributed by atoms with Gasteiger partial charge < -0.3 is 9.13 Å². The highest BCUT2D eigenvalue weighted by Crippen LogP contribution is 2.52. The minimum absolute atomic E-state index is 0.0806. The Morgan fingerprint density at radius 3 is 1.77 bits per heavy atom. The largest absolute Gasteiger partial charge is 0.307 e. The van der Waals surface area contributed by atoms with Crippen molar-refractivity contribution in [1.82, 2.24) is 9.13 Å². The van der Waals surface area contributed by atoms with E-state index in [1.165, 1.54) is 82.7 Å². The SMILES string of the molecule is CC1(C)c2ccccc2-c2c(-n3c4ccccc4c4ccc5c6ccccc6n(-c6cccc(-c7ccccc7)c6)c5c43)cccc21. The van der Waals surface area contributed by atoms with Crippen LogP contribution in [0.4, 0.5) is 0 Å².